The first-order valence-corrected chi connectivity index (χ1v) is 6.09. The summed E-state index contributed by atoms with van der Waals surface area (Å²) in [5, 5.41) is 4.75. The van der Waals surface area contributed by atoms with Crippen molar-refractivity contribution in [1.82, 2.24) is 4.98 Å². The Balaban J connectivity index is 2.51. The molecule has 2 nitrogen and oxygen atoms in total. The predicted molar refractivity (Wildman–Crippen MR) is 63.4 cm³/mol. The lowest BCUT2D eigenvalue weighted by atomic mass is 10.2. The van der Waals surface area contributed by atoms with E-state index in [1.807, 2.05) is 6.92 Å². The lowest BCUT2D eigenvalue weighted by molar-refractivity contribution is -0.140. The number of pyridine rings is 1. The molecule has 2 rings (SSSR count). The van der Waals surface area contributed by atoms with Crippen LogP contribution >= 0.6 is 11.3 Å². The number of nitrogens with zero attached hydrogens (tertiary/aromatic N) is 1. The summed E-state index contributed by atoms with van der Waals surface area (Å²) < 4.78 is 38.7. The number of rotatable bonds is 3. The third-order valence-electron chi connectivity index (χ3n) is 2.27. The molecule has 2 heterocycles. The Labute approximate surface area is 100 Å². The Hall–Kier alpha value is -1.30. The van der Waals surface area contributed by atoms with Gasteiger partial charge in [-0.1, -0.05) is 6.92 Å². The standard InChI is InChI=1S/C11H11F3N2S/c1-2-4-15-8-6-9(11(12,13)14)16-7-3-5-17-10(7)8/h3,5-6H,2,4H2,1H3,(H,15,16). The van der Waals surface area contributed by atoms with Gasteiger partial charge in [0.25, 0.3) is 0 Å². The van der Waals surface area contributed by atoms with Crippen molar-refractivity contribution in [2.75, 3.05) is 11.9 Å². The third kappa shape index (κ3) is 2.52. The summed E-state index contributed by atoms with van der Waals surface area (Å²) in [5.74, 6) is 0. The van der Waals surface area contributed by atoms with Gasteiger partial charge in [-0.05, 0) is 23.9 Å². The predicted octanol–water partition coefficient (Wildman–Crippen LogP) is 4.14. The summed E-state index contributed by atoms with van der Waals surface area (Å²) in [4.78, 5) is 3.62. The van der Waals surface area contributed by atoms with Gasteiger partial charge in [-0.2, -0.15) is 13.2 Å². The van der Waals surface area contributed by atoms with Crippen LogP contribution in [0.5, 0.6) is 0 Å². The van der Waals surface area contributed by atoms with Crippen LogP contribution in [0.15, 0.2) is 17.5 Å². The summed E-state index contributed by atoms with van der Waals surface area (Å²) in [6.45, 7) is 2.61. The molecular formula is C11H11F3N2S. The van der Waals surface area contributed by atoms with Crippen molar-refractivity contribution in [3.05, 3.63) is 23.2 Å². The van der Waals surface area contributed by atoms with Gasteiger partial charge in [0, 0.05) is 6.54 Å². The summed E-state index contributed by atoms with van der Waals surface area (Å²) in [5.41, 5.74) is 0.0598. The summed E-state index contributed by atoms with van der Waals surface area (Å²) in [6, 6.07) is 2.68. The molecule has 0 saturated heterocycles. The highest BCUT2D eigenvalue weighted by Gasteiger charge is 2.33. The van der Waals surface area contributed by atoms with E-state index in [1.165, 1.54) is 11.3 Å². The summed E-state index contributed by atoms with van der Waals surface area (Å²) in [7, 11) is 0. The molecule has 2 aromatic rings. The monoisotopic (exact) mass is 260 g/mol. The molecule has 0 spiro atoms. The van der Waals surface area contributed by atoms with Gasteiger partial charge in [-0.3, -0.25) is 0 Å². The fourth-order valence-electron chi connectivity index (χ4n) is 1.49. The highest BCUT2D eigenvalue weighted by Crippen LogP contribution is 2.35. The fourth-order valence-corrected chi connectivity index (χ4v) is 2.32. The number of hydrogen-bond donors (Lipinski definition) is 1. The average molecular weight is 260 g/mol. The van der Waals surface area contributed by atoms with Crippen LogP contribution in [-0.4, -0.2) is 11.5 Å². The normalized spacial score (nSPS) is 12.0. The number of fused-ring (bicyclic) bond motifs is 1. The van der Waals surface area contributed by atoms with Crippen LogP contribution < -0.4 is 5.32 Å². The molecule has 0 aliphatic rings. The molecule has 1 N–H and O–H groups in total. The number of anilines is 1. The zero-order chi connectivity index (χ0) is 12.5. The second-order valence-corrected chi connectivity index (χ2v) is 4.53. The van der Waals surface area contributed by atoms with Crippen LogP contribution in [-0.2, 0) is 6.18 Å². The zero-order valence-electron chi connectivity index (χ0n) is 9.14. The van der Waals surface area contributed by atoms with Crippen molar-refractivity contribution in [2.24, 2.45) is 0 Å². The largest absolute Gasteiger partial charge is 0.433 e. The molecule has 0 amide bonds. The van der Waals surface area contributed by atoms with Gasteiger partial charge in [0.2, 0.25) is 0 Å². The number of hydrogen-bond acceptors (Lipinski definition) is 3. The highest BCUT2D eigenvalue weighted by atomic mass is 32.1. The molecule has 2 aromatic heterocycles. The van der Waals surface area contributed by atoms with Gasteiger partial charge in [-0.15, -0.1) is 11.3 Å². The average Bonchev–Trinajstić information content (AvgIpc) is 2.72. The Kier molecular flexibility index (Phi) is 3.24. The van der Waals surface area contributed by atoms with Crippen LogP contribution in [0.1, 0.15) is 19.0 Å². The second-order valence-electron chi connectivity index (χ2n) is 3.61. The summed E-state index contributed by atoms with van der Waals surface area (Å²) in [6.07, 6.45) is -3.55. The van der Waals surface area contributed by atoms with E-state index in [-0.39, 0.29) is 0 Å². The van der Waals surface area contributed by atoms with Crippen molar-refractivity contribution in [3.63, 3.8) is 0 Å². The number of alkyl halides is 3. The van der Waals surface area contributed by atoms with Crippen LogP contribution in [0.25, 0.3) is 10.2 Å². The van der Waals surface area contributed by atoms with Crippen LogP contribution in [0.2, 0.25) is 0 Å². The molecule has 0 aliphatic heterocycles. The Morgan fingerprint density at radius 2 is 2.18 bits per heavy atom. The molecule has 0 aliphatic carbocycles. The fraction of sp³-hybridized carbons (Fsp3) is 0.364. The Morgan fingerprint density at radius 3 is 2.82 bits per heavy atom. The topological polar surface area (TPSA) is 24.9 Å². The van der Waals surface area contributed by atoms with Gasteiger partial charge >= 0.3 is 6.18 Å². The lowest BCUT2D eigenvalue weighted by Gasteiger charge is -2.10. The van der Waals surface area contributed by atoms with Crippen LogP contribution in [0.3, 0.4) is 0 Å². The molecular weight excluding hydrogens is 249 g/mol. The van der Waals surface area contributed by atoms with E-state index in [1.54, 1.807) is 11.4 Å². The maximum atomic E-state index is 12.6. The Bertz CT molecular complexity index is 519. The van der Waals surface area contributed by atoms with Crippen LogP contribution in [0.4, 0.5) is 18.9 Å². The smallest absolute Gasteiger partial charge is 0.384 e. The first kappa shape index (κ1) is 12.2. The highest BCUT2D eigenvalue weighted by molar-refractivity contribution is 7.17. The van der Waals surface area contributed by atoms with E-state index >= 15 is 0 Å². The van der Waals surface area contributed by atoms with Gasteiger partial charge in [-0.25, -0.2) is 4.98 Å². The van der Waals surface area contributed by atoms with Crippen molar-refractivity contribution in [2.45, 2.75) is 19.5 Å². The molecule has 0 aromatic carbocycles. The molecule has 0 bridgehead atoms. The molecule has 6 heteroatoms. The maximum absolute atomic E-state index is 12.6. The van der Waals surface area contributed by atoms with E-state index < -0.39 is 11.9 Å². The quantitative estimate of drug-likeness (QED) is 0.897. The summed E-state index contributed by atoms with van der Waals surface area (Å²) >= 11 is 1.39. The Morgan fingerprint density at radius 1 is 1.41 bits per heavy atom. The van der Waals surface area contributed by atoms with Crippen molar-refractivity contribution in [1.29, 1.82) is 0 Å². The van der Waals surface area contributed by atoms with Crippen molar-refractivity contribution in [3.8, 4) is 0 Å². The van der Waals surface area contributed by atoms with Gasteiger partial charge in [0.15, 0.2) is 0 Å². The van der Waals surface area contributed by atoms with E-state index in [2.05, 4.69) is 10.3 Å². The third-order valence-corrected chi connectivity index (χ3v) is 3.20. The molecule has 92 valence electrons. The van der Waals surface area contributed by atoms with Crippen LogP contribution in [0, 0.1) is 0 Å². The van der Waals surface area contributed by atoms with Gasteiger partial charge in [0.1, 0.15) is 5.69 Å². The van der Waals surface area contributed by atoms with Gasteiger partial charge < -0.3 is 5.32 Å². The molecule has 0 radical (unpaired) electrons. The van der Waals surface area contributed by atoms with E-state index in [0.29, 0.717) is 17.7 Å². The molecule has 0 saturated carbocycles. The minimum atomic E-state index is -4.40. The van der Waals surface area contributed by atoms with E-state index in [4.69, 9.17) is 0 Å². The number of nitrogens with one attached hydrogen (secondary N) is 1. The number of halogens is 3. The van der Waals surface area contributed by atoms with Crippen molar-refractivity contribution >= 4 is 27.2 Å². The second kappa shape index (κ2) is 4.52. The number of aromatic nitrogens is 1. The lowest BCUT2D eigenvalue weighted by Crippen LogP contribution is -2.09. The van der Waals surface area contributed by atoms with E-state index in [0.717, 1.165) is 17.2 Å². The SMILES string of the molecule is CCCNc1cc(C(F)(F)F)nc2ccsc12. The number of thiophene rings is 1. The molecule has 0 fully saturated rings. The molecule has 0 atom stereocenters. The molecule has 17 heavy (non-hydrogen) atoms. The molecule has 0 unspecified atom stereocenters. The zero-order valence-corrected chi connectivity index (χ0v) is 9.95. The minimum absolute atomic E-state index is 0.392. The van der Waals surface area contributed by atoms with Crippen molar-refractivity contribution < 1.29 is 13.2 Å². The maximum Gasteiger partial charge on any atom is 0.433 e. The minimum Gasteiger partial charge on any atom is -0.384 e. The van der Waals surface area contributed by atoms with Gasteiger partial charge in [0.05, 0.1) is 15.9 Å². The van der Waals surface area contributed by atoms with E-state index in [9.17, 15) is 13.2 Å². The first-order chi connectivity index (χ1) is 8.02. The first-order valence-electron chi connectivity index (χ1n) is 5.21.